The number of aryl methyl sites for hydroxylation is 2. The molecule has 0 aromatic carbocycles. The molecule has 8 fully saturated rings. The van der Waals surface area contributed by atoms with Gasteiger partial charge in [-0.2, -0.15) is 0 Å². The number of thiazole rings is 4. The zero-order valence-electron chi connectivity index (χ0n) is 83.8. The lowest BCUT2D eigenvalue weighted by Crippen LogP contribution is -2.46. The van der Waals surface area contributed by atoms with Crippen LogP contribution in [0.5, 0.6) is 0 Å². The van der Waals surface area contributed by atoms with E-state index in [2.05, 4.69) is 103 Å². The number of nitrogens with zero attached hydrogens (tertiary/aromatic N) is 12. The molecule has 33 nitrogen and oxygen atoms in total. The molecule has 784 valence electrons. The van der Waals surface area contributed by atoms with Gasteiger partial charge in [-0.05, 0) is 243 Å². The van der Waals surface area contributed by atoms with Crippen LogP contribution in [0.1, 0.15) is 323 Å². The smallest absolute Gasteiger partial charge is 0.280 e. The van der Waals surface area contributed by atoms with Crippen LogP contribution in [0.25, 0.3) is 41.8 Å². The largest absolute Gasteiger partial charge is 0.394 e. The number of nitrogens with one attached hydrogen (secondary N) is 8. The number of sulfone groups is 1. The summed E-state index contributed by atoms with van der Waals surface area (Å²) in [6.07, 6.45) is 7.06. The minimum Gasteiger partial charge on any atom is -0.394 e. The van der Waals surface area contributed by atoms with Crippen LogP contribution in [0.3, 0.4) is 0 Å². The van der Waals surface area contributed by atoms with Crippen molar-refractivity contribution in [1.29, 1.82) is 0 Å². The molecule has 8 aromatic heterocycles. The van der Waals surface area contributed by atoms with E-state index >= 15 is 0 Å². The lowest BCUT2D eigenvalue weighted by Gasteiger charge is -2.31. The minimum atomic E-state index is -3.09. The zero-order valence-corrected chi connectivity index (χ0v) is 87.9. The van der Waals surface area contributed by atoms with E-state index < -0.39 is 131 Å². The molecule has 0 radical (unpaired) electrons. The Kier molecular flexibility index (Phi) is 33.9. The number of pyridine rings is 4. The van der Waals surface area contributed by atoms with Crippen molar-refractivity contribution in [1.82, 2.24) is 80.7 Å². The van der Waals surface area contributed by atoms with Crippen LogP contribution in [-0.2, 0) is 9.84 Å². The molecule has 144 heavy (non-hydrogen) atoms. The Labute approximate surface area is 847 Å². The first kappa shape index (κ1) is 111. The quantitative estimate of drug-likeness (QED) is 0.0265. The van der Waals surface area contributed by atoms with Gasteiger partial charge in [0.1, 0.15) is 55.9 Å². The maximum atomic E-state index is 14.2. The van der Waals surface area contributed by atoms with E-state index in [0.29, 0.717) is 84.1 Å². The van der Waals surface area contributed by atoms with Crippen molar-refractivity contribution >= 4 is 126 Å². The van der Waals surface area contributed by atoms with Crippen LogP contribution in [-0.4, -0.2) is 269 Å². The first-order valence-electron chi connectivity index (χ1n) is 48.3. The number of carbonyl (C=O) groups is 8. The molecule has 8 aromatic rings. The second kappa shape index (κ2) is 44.2. The van der Waals surface area contributed by atoms with Crippen LogP contribution in [0.4, 0.5) is 58.4 Å². The van der Waals surface area contributed by atoms with Crippen LogP contribution in [0, 0.1) is 13.8 Å². The third-order valence-electron chi connectivity index (χ3n) is 25.5. The number of carbonyl (C=O) groups excluding carboxylic acids is 8. The summed E-state index contributed by atoms with van der Waals surface area (Å²) in [4.78, 5) is 148. The van der Waals surface area contributed by atoms with E-state index in [1.165, 1.54) is 42.8 Å². The maximum absolute atomic E-state index is 14.2. The van der Waals surface area contributed by atoms with Crippen LogP contribution in [0.2, 0.25) is 0 Å². The molecule has 2 aliphatic carbocycles. The average Bonchev–Trinajstić information content (AvgIpc) is 1.60. The molecule has 0 spiro atoms. The predicted octanol–water partition coefficient (Wildman–Crippen LogP) is 16.6. The molecule has 46 heteroatoms. The van der Waals surface area contributed by atoms with Gasteiger partial charge in [0, 0.05) is 154 Å². The molecule has 2 saturated carbocycles. The first-order chi connectivity index (χ1) is 67.2. The van der Waals surface area contributed by atoms with Crippen molar-refractivity contribution in [2.75, 3.05) is 59.0 Å². The third kappa shape index (κ3) is 27.6. The molecule has 6 saturated heterocycles. The van der Waals surface area contributed by atoms with Crippen molar-refractivity contribution in [2.24, 2.45) is 0 Å². The van der Waals surface area contributed by atoms with Crippen molar-refractivity contribution in [2.45, 2.75) is 334 Å². The van der Waals surface area contributed by atoms with E-state index in [-0.39, 0.29) is 158 Å². The van der Waals surface area contributed by atoms with Crippen LogP contribution < -0.4 is 42.5 Å². The Morgan fingerprint density at radius 1 is 0.444 bits per heavy atom. The highest BCUT2D eigenvalue weighted by molar-refractivity contribution is 7.91. The summed E-state index contributed by atoms with van der Waals surface area (Å²) in [5.74, 6) is -8.09. The molecule has 14 heterocycles. The maximum Gasteiger partial charge on any atom is 0.280 e. The monoisotopic (exact) mass is 2100 g/mol. The molecule has 8 aliphatic rings. The lowest BCUT2D eigenvalue weighted by molar-refractivity contribution is 0.0115. The van der Waals surface area contributed by atoms with E-state index in [9.17, 15) is 97.2 Å². The molecular weight excluding hydrogens is 1980 g/mol. The second-order valence-corrected chi connectivity index (χ2v) is 49.0. The minimum absolute atomic E-state index is 0.00430. The Hall–Kier alpha value is -10.7. The summed E-state index contributed by atoms with van der Waals surface area (Å²) in [6, 6.07) is 4.03. The Balaban J connectivity index is 0.000000161. The fourth-order valence-corrected chi connectivity index (χ4v) is 24.1. The SMILES string of the molecule is C[C@H]1CC(F)(F)CN1C(=O)c1nc(C(=O)NC2CC(O)C2)sc1-c1cnc(NC(C)(C)C)cc1C(F)F.C[C@H]1CCCN1C(=O)c1nc(C(=O)N[C@@H]2CC[C@@H](O)C2)sc1-c1cnc(NC(C)(C)C)cc1C(F)F.Cc1cc(NC(C)(C)C)ncc1-c1sc(C(=O)NC2CCS(=O)(=O)CC2)nc1C(=O)N1C2CCC1CC2.Cc1cc(NC(C)(C)C)ncc1-c1sc(C(=O)N[C@H](C)CO)nc1C(=O)N1CC(F)(F)C[C@@H]1C. The number of aliphatic hydroxyl groups is 3. The molecule has 2 bridgehead atoms. The van der Waals surface area contributed by atoms with Gasteiger partial charge in [-0.25, -0.2) is 83.4 Å². The number of aliphatic hydroxyl groups excluding tert-OH is 3. The third-order valence-corrected chi connectivity index (χ3v) is 31.5. The Bertz CT molecular complexity index is 6170. The van der Waals surface area contributed by atoms with Gasteiger partial charge in [0.2, 0.25) is 0 Å². The van der Waals surface area contributed by atoms with Gasteiger partial charge in [0.05, 0.1) is 62.9 Å². The average molecular weight is 2110 g/mol. The molecular formula is C98H128F8N20O13S5. The van der Waals surface area contributed by atoms with Gasteiger partial charge in [-0.15, -0.1) is 45.3 Å². The number of rotatable bonds is 23. The fourth-order valence-electron chi connectivity index (χ4n) is 18.5. The van der Waals surface area contributed by atoms with Crippen molar-refractivity contribution in [3.63, 3.8) is 0 Å². The van der Waals surface area contributed by atoms with Crippen molar-refractivity contribution < 1.29 is 97.2 Å². The number of aromatic nitrogens is 8. The van der Waals surface area contributed by atoms with Gasteiger partial charge in [0.25, 0.3) is 72.0 Å². The number of likely N-dealkylation sites (tertiary alicyclic amines) is 3. The number of hydrogen-bond acceptors (Lipinski definition) is 29. The highest BCUT2D eigenvalue weighted by atomic mass is 32.2. The molecule has 8 amide bonds. The molecule has 6 atom stereocenters. The second-order valence-electron chi connectivity index (χ2n) is 42.7. The zero-order chi connectivity index (χ0) is 105. The molecule has 11 N–H and O–H groups in total. The van der Waals surface area contributed by atoms with E-state index in [0.717, 1.165) is 105 Å². The number of hydrogen-bond donors (Lipinski definition) is 11. The number of alkyl halides is 8. The highest BCUT2D eigenvalue weighted by Gasteiger charge is 2.50. The summed E-state index contributed by atoms with van der Waals surface area (Å²) in [7, 11) is -3.03. The van der Waals surface area contributed by atoms with Crippen LogP contribution >= 0.6 is 45.3 Å². The van der Waals surface area contributed by atoms with E-state index in [1.54, 1.807) is 31.1 Å². The van der Waals surface area contributed by atoms with Crippen LogP contribution in [0.15, 0.2) is 49.1 Å². The number of anilines is 4. The molecule has 0 unspecified atom stereocenters. The van der Waals surface area contributed by atoms with E-state index in [1.807, 2.05) is 100 Å². The number of amides is 8. The normalized spacial score (nSPS) is 21.9. The van der Waals surface area contributed by atoms with Gasteiger partial charge in [-0.1, -0.05) is 0 Å². The van der Waals surface area contributed by atoms with Crippen molar-refractivity contribution in [3.05, 3.63) is 114 Å². The van der Waals surface area contributed by atoms with Gasteiger partial charge >= 0.3 is 0 Å². The Morgan fingerprint density at radius 3 is 1.11 bits per heavy atom. The lowest BCUT2D eigenvalue weighted by atomic mass is 9.89. The molecule has 6 aliphatic heterocycles. The summed E-state index contributed by atoms with van der Waals surface area (Å²) in [5.41, 5.74) is 1.05. The standard InChI is InChI=1S/C26H35N5O4S2.C25H33F2N5O3S.C24H29F4N5O3S.C23H31F2N5O3S/c1-15-13-20(30-26(2,3)4)27-14-19(15)22-21(25(33)31-17-5-6-18(31)8-7-17)29-24(36-22)23(32)28-16-9-11-37(34,35)12-10-16;1-13-6-5-9-32(13)24(35)19-20(36-23(30-19)22(34)29-14-7-8-15(33)10-14)17-12-28-18(31-25(2,3)4)11-16(17)21(26)27;1-11-8-24(27,28)10-33(11)22(36)17-18(37-21(31-17)20(35)30-12-5-13(34)6-12)15-9-29-16(32-23(2,3)4)7-14(15)19(25)26;1-12-7-16(29-22(4,5)6)26-9-15(12)18-17(21(33)30-11-23(24,25)8-14(30)3)28-20(34-18)19(32)27-13(2)10-31/h13-14,16-18H,5-12H2,1-4H3,(H,27,30)(H,28,32);11-15,21,33H,5-10H2,1-4H3,(H,28,31)(H,29,34);7,9,11-13,19,34H,5-6,8,10H2,1-4H3,(H,29,32)(H,30,35);7,9,13-14,31H,8,10-11H2,1-6H3,(H,26,29)(H,27,32)/t;13-,14+,15+;11-,12?,13?;13-,14+/m.001/s1. The summed E-state index contributed by atoms with van der Waals surface area (Å²) in [5, 5.41) is 52.4. The molecule has 16 rings (SSSR count). The Morgan fingerprint density at radius 2 is 0.785 bits per heavy atom. The van der Waals surface area contributed by atoms with E-state index in [4.69, 9.17) is 0 Å². The first-order valence-corrected chi connectivity index (χ1v) is 53.3. The predicted molar refractivity (Wildman–Crippen MR) is 537 cm³/mol. The van der Waals surface area contributed by atoms with Gasteiger partial charge in [0.15, 0.2) is 20.0 Å². The topological polar surface area (TPSA) is 444 Å². The van der Waals surface area contributed by atoms with Gasteiger partial charge < -0.3 is 77.5 Å². The summed E-state index contributed by atoms with van der Waals surface area (Å²) in [6.45, 7) is 32.6. The number of halogens is 8. The highest BCUT2D eigenvalue weighted by Crippen LogP contribution is 2.47. The summed E-state index contributed by atoms with van der Waals surface area (Å²) >= 11 is 3.84. The summed E-state index contributed by atoms with van der Waals surface area (Å²) < 4.78 is 136. The number of fused-ring (bicyclic) bond motifs is 2. The van der Waals surface area contributed by atoms with Crippen molar-refractivity contribution in [3.8, 4) is 41.8 Å². The fraction of sp³-hybridized carbons (Fsp3) is 0.592. The van der Waals surface area contributed by atoms with Gasteiger partial charge in [-0.3, -0.25) is 38.4 Å².